The van der Waals surface area contributed by atoms with Gasteiger partial charge in [0, 0.05) is 6.42 Å². The number of rotatable bonds is 13. The predicted octanol–water partition coefficient (Wildman–Crippen LogP) is 2.86. The summed E-state index contributed by atoms with van der Waals surface area (Å²) >= 11 is 0. The first-order valence-electron chi connectivity index (χ1n) is 9.60. The van der Waals surface area contributed by atoms with Gasteiger partial charge in [-0.25, -0.2) is 4.39 Å². The van der Waals surface area contributed by atoms with Gasteiger partial charge in [-0.05, 0) is 37.1 Å². The summed E-state index contributed by atoms with van der Waals surface area (Å²) in [4.78, 5) is 11.0. The SMILES string of the molecule is COC(=O)CCCC(O)[C@H](O)/C=C/C=C/C=C\C=C\[C@H](O)COc1ccc(F)cc1. The van der Waals surface area contributed by atoms with E-state index in [4.69, 9.17) is 4.74 Å². The zero-order chi connectivity index (χ0) is 22.2. The van der Waals surface area contributed by atoms with Crippen molar-refractivity contribution in [3.63, 3.8) is 0 Å². The molecule has 0 saturated carbocycles. The minimum absolute atomic E-state index is 0.0500. The number of esters is 1. The highest BCUT2D eigenvalue weighted by atomic mass is 19.1. The van der Waals surface area contributed by atoms with Crippen LogP contribution in [0.25, 0.3) is 0 Å². The molecule has 6 nitrogen and oxygen atoms in total. The summed E-state index contributed by atoms with van der Waals surface area (Å²) < 4.78 is 22.6. The fourth-order valence-electron chi connectivity index (χ4n) is 2.25. The van der Waals surface area contributed by atoms with Crippen molar-refractivity contribution >= 4 is 5.97 Å². The molecular weight excluding hydrogens is 391 g/mol. The third-order valence-electron chi connectivity index (χ3n) is 3.93. The van der Waals surface area contributed by atoms with Crippen molar-refractivity contribution in [3.8, 4) is 5.75 Å². The van der Waals surface area contributed by atoms with E-state index in [1.807, 2.05) is 0 Å². The first-order valence-corrected chi connectivity index (χ1v) is 9.60. The van der Waals surface area contributed by atoms with Gasteiger partial charge in [0.05, 0.1) is 19.3 Å². The average molecular weight is 420 g/mol. The van der Waals surface area contributed by atoms with Crippen LogP contribution in [0.5, 0.6) is 5.75 Å². The lowest BCUT2D eigenvalue weighted by molar-refractivity contribution is -0.140. The number of ether oxygens (including phenoxy) is 2. The van der Waals surface area contributed by atoms with Gasteiger partial charge in [0.25, 0.3) is 0 Å². The van der Waals surface area contributed by atoms with Crippen LogP contribution in [0.2, 0.25) is 0 Å². The Morgan fingerprint density at radius 3 is 2.23 bits per heavy atom. The number of halogens is 1. The second-order valence-electron chi connectivity index (χ2n) is 6.40. The van der Waals surface area contributed by atoms with Crippen LogP contribution in [-0.4, -0.2) is 53.3 Å². The van der Waals surface area contributed by atoms with Gasteiger partial charge in [0.1, 0.15) is 24.3 Å². The molecule has 0 bridgehead atoms. The zero-order valence-corrected chi connectivity index (χ0v) is 16.9. The smallest absolute Gasteiger partial charge is 0.305 e. The van der Waals surface area contributed by atoms with E-state index < -0.39 is 18.3 Å². The molecule has 1 aromatic rings. The molecule has 164 valence electrons. The van der Waals surface area contributed by atoms with E-state index in [2.05, 4.69) is 4.74 Å². The summed E-state index contributed by atoms with van der Waals surface area (Å²) in [5.41, 5.74) is 0. The molecule has 0 amide bonds. The Bertz CT molecular complexity index is 724. The number of carbonyl (C=O) groups is 1. The molecule has 0 saturated heterocycles. The fourth-order valence-corrected chi connectivity index (χ4v) is 2.25. The molecule has 0 aliphatic carbocycles. The van der Waals surface area contributed by atoms with Crippen molar-refractivity contribution in [1.82, 2.24) is 0 Å². The van der Waals surface area contributed by atoms with Crippen molar-refractivity contribution in [2.75, 3.05) is 13.7 Å². The van der Waals surface area contributed by atoms with Crippen LogP contribution in [-0.2, 0) is 9.53 Å². The number of methoxy groups -OCH3 is 1. The highest BCUT2D eigenvalue weighted by molar-refractivity contribution is 5.68. The normalized spacial score (nSPS) is 15.2. The highest BCUT2D eigenvalue weighted by Gasteiger charge is 2.13. The molecule has 0 aliphatic rings. The highest BCUT2D eigenvalue weighted by Crippen LogP contribution is 2.11. The van der Waals surface area contributed by atoms with E-state index >= 15 is 0 Å². The number of hydrogen-bond acceptors (Lipinski definition) is 6. The summed E-state index contributed by atoms with van der Waals surface area (Å²) in [7, 11) is 1.31. The summed E-state index contributed by atoms with van der Waals surface area (Å²) in [5, 5.41) is 29.4. The number of benzene rings is 1. The summed E-state index contributed by atoms with van der Waals surface area (Å²) in [6.45, 7) is 0.0500. The topological polar surface area (TPSA) is 96.2 Å². The first kappa shape index (κ1) is 25.3. The molecule has 1 rings (SSSR count). The first-order chi connectivity index (χ1) is 14.4. The standard InChI is InChI=1S/C23H29FO6/c1-29-23(28)12-8-11-22(27)21(26)10-7-5-3-2-4-6-9-19(25)17-30-20-15-13-18(24)14-16-20/h2-7,9-10,13-16,19,21-22,25-27H,8,11-12,17H2,1H3/b4-2-,5-3+,9-6+,10-7+/t19-,21+,22?/m0/s1. The quantitative estimate of drug-likeness (QED) is 0.335. The van der Waals surface area contributed by atoms with E-state index in [0.29, 0.717) is 18.6 Å². The van der Waals surface area contributed by atoms with Gasteiger partial charge in [0.2, 0.25) is 0 Å². The molecule has 3 atom stereocenters. The molecular formula is C23H29FO6. The van der Waals surface area contributed by atoms with Crippen LogP contribution < -0.4 is 4.74 Å². The fraction of sp³-hybridized carbons (Fsp3) is 0.348. The minimum atomic E-state index is -1.02. The van der Waals surface area contributed by atoms with E-state index in [1.54, 1.807) is 42.5 Å². The Morgan fingerprint density at radius 2 is 1.60 bits per heavy atom. The lowest BCUT2D eigenvalue weighted by atomic mass is 10.1. The molecule has 0 aliphatic heterocycles. The molecule has 0 fully saturated rings. The van der Waals surface area contributed by atoms with Gasteiger partial charge in [-0.2, -0.15) is 0 Å². The Morgan fingerprint density at radius 1 is 1.00 bits per heavy atom. The van der Waals surface area contributed by atoms with Crippen LogP contribution >= 0.6 is 0 Å². The maximum atomic E-state index is 12.8. The Kier molecular flexibility index (Phi) is 12.8. The zero-order valence-electron chi connectivity index (χ0n) is 16.9. The Hall–Kier alpha value is -2.74. The van der Waals surface area contributed by atoms with E-state index in [0.717, 1.165) is 0 Å². The third kappa shape index (κ3) is 12.0. The largest absolute Gasteiger partial charge is 0.491 e. The summed E-state index contributed by atoms with van der Waals surface area (Å²) in [6, 6.07) is 5.54. The number of hydrogen-bond donors (Lipinski definition) is 3. The lowest BCUT2D eigenvalue weighted by Gasteiger charge is -2.13. The van der Waals surface area contributed by atoms with Gasteiger partial charge < -0.3 is 24.8 Å². The van der Waals surface area contributed by atoms with Gasteiger partial charge in [0.15, 0.2) is 0 Å². The lowest BCUT2D eigenvalue weighted by Crippen LogP contribution is -2.23. The van der Waals surface area contributed by atoms with Crippen molar-refractivity contribution in [3.05, 3.63) is 78.7 Å². The van der Waals surface area contributed by atoms with E-state index in [1.165, 1.54) is 37.5 Å². The molecule has 0 radical (unpaired) electrons. The second kappa shape index (κ2) is 15.1. The second-order valence-corrected chi connectivity index (χ2v) is 6.40. The van der Waals surface area contributed by atoms with Crippen molar-refractivity contribution < 1.29 is 34.0 Å². The third-order valence-corrected chi connectivity index (χ3v) is 3.93. The molecule has 1 unspecified atom stereocenters. The van der Waals surface area contributed by atoms with Crippen LogP contribution in [0, 0.1) is 5.82 Å². The van der Waals surface area contributed by atoms with Gasteiger partial charge in [-0.1, -0.05) is 48.6 Å². The van der Waals surface area contributed by atoms with Crippen molar-refractivity contribution in [2.45, 2.75) is 37.6 Å². The Labute approximate surface area is 176 Å². The van der Waals surface area contributed by atoms with Gasteiger partial charge in [-0.15, -0.1) is 0 Å². The molecule has 7 heteroatoms. The van der Waals surface area contributed by atoms with Gasteiger partial charge >= 0.3 is 5.97 Å². The molecule has 3 N–H and O–H groups in total. The maximum Gasteiger partial charge on any atom is 0.305 e. The summed E-state index contributed by atoms with van der Waals surface area (Å²) in [6.07, 6.45) is 11.3. The monoisotopic (exact) mass is 420 g/mol. The minimum Gasteiger partial charge on any atom is -0.491 e. The average Bonchev–Trinajstić information content (AvgIpc) is 2.74. The van der Waals surface area contributed by atoms with Crippen LogP contribution in [0.4, 0.5) is 4.39 Å². The molecule has 0 spiro atoms. The van der Waals surface area contributed by atoms with Crippen LogP contribution in [0.15, 0.2) is 72.9 Å². The molecule has 30 heavy (non-hydrogen) atoms. The summed E-state index contributed by atoms with van der Waals surface area (Å²) in [5.74, 6) is -0.217. The van der Waals surface area contributed by atoms with Crippen molar-refractivity contribution in [2.24, 2.45) is 0 Å². The number of aliphatic hydroxyl groups is 3. The number of carbonyl (C=O) groups excluding carboxylic acids is 1. The van der Waals surface area contributed by atoms with Crippen LogP contribution in [0.1, 0.15) is 19.3 Å². The molecule has 1 aromatic carbocycles. The van der Waals surface area contributed by atoms with Crippen LogP contribution in [0.3, 0.4) is 0 Å². The molecule has 0 aromatic heterocycles. The maximum absolute atomic E-state index is 12.8. The van der Waals surface area contributed by atoms with Gasteiger partial charge in [-0.3, -0.25) is 4.79 Å². The molecule has 0 heterocycles. The number of allylic oxidation sites excluding steroid dienone is 6. The van der Waals surface area contributed by atoms with Crippen molar-refractivity contribution in [1.29, 1.82) is 0 Å². The predicted molar refractivity (Wildman–Crippen MR) is 112 cm³/mol. The van der Waals surface area contributed by atoms with E-state index in [9.17, 15) is 24.5 Å². The number of aliphatic hydroxyl groups excluding tert-OH is 3. The Balaban J connectivity index is 2.23. The van der Waals surface area contributed by atoms with E-state index in [-0.39, 0.29) is 24.8 Å².